The van der Waals surface area contributed by atoms with Crippen molar-refractivity contribution in [2.75, 3.05) is 6.26 Å². The lowest BCUT2D eigenvalue weighted by Gasteiger charge is -2.29. The van der Waals surface area contributed by atoms with Gasteiger partial charge in [0, 0.05) is 11.3 Å². The van der Waals surface area contributed by atoms with E-state index in [9.17, 15) is 4.79 Å². The Morgan fingerprint density at radius 2 is 2.25 bits per heavy atom. The standard InChI is InChI=1S/C12H18N2OS/c1-16-10-4-2-3-9(7-10)14-11(15)12(8-13)5-6-12/h9-10H,2-7H2,1H3,(H,14,15). The predicted molar refractivity (Wildman–Crippen MR) is 65.0 cm³/mol. The van der Waals surface area contributed by atoms with Crippen LogP contribution in [-0.2, 0) is 4.79 Å². The summed E-state index contributed by atoms with van der Waals surface area (Å²) in [5.41, 5.74) is -0.660. The molecule has 0 radical (unpaired) electrons. The molecule has 0 saturated heterocycles. The molecule has 0 aromatic carbocycles. The molecule has 2 aliphatic carbocycles. The molecule has 0 aliphatic heterocycles. The molecule has 2 rings (SSSR count). The molecule has 2 atom stereocenters. The van der Waals surface area contributed by atoms with E-state index >= 15 is 0 Å². The number of nitrogens with zero attached hydrogens (tertiary/aromatic N) is 1. The Labute approximate surface area is 101 Å². The molecule has 2 fully saturated rings. The van der Waals surface area contributed by atoms with Gasteiger partial charge in [-0.25, -0.2) is 0 Å². The van der Waals surface area contributed by atoms with Crippen molar-refractivity contribution in [2.45, 2.75) is 49.8 Å². The summed E-state index contributed by atoms with van der Waals surface area (Å²) in [5.74, 6) is -0.0262. The summed E-state index contributed by atoms with van der Waals surface area (Å²) in [6.45, 7) is 0. The quantitative estimate of drug-likeness (QED) is 0.819. The Morgan fingerprint density at radius 1 is 1.50 bits per heavy atom. The maximum absolute atomic E-state index is 11.9. The maximum atomic E-state index is 11.9. The number of nitrogens with one attached hydrogen (secondary N) is 1. The van der Waals surface area contributed by atoms with Crippen LogP contribution in [0.3, 0.4) is 0 Å². The monoisotopic (exact) mass is 238 g/mol. The van der Waals surface area contributed by atoms with Crippen LogP contribution in [0.1, 0.15) is 38.5 Å². The number of thioether (sulfide) groups is 1. The van der Waals surface area contributed by atoms with E-state index in [1.165, 1.54) is 12.8 Å². The Morgan fingerprint density at radius 3 is 2.81 bits per heavy atom. The van der Waals surface area contributed by atoms with Gasteiger partial charge in [0.1, 0.15) is 5.41 Å². The first-order valence-electron chi connectivity index (χ1n) is 5.95. The highest BCUT2D eigenvalue weighted by molar-refractivity contribution is 7.99. The van der Waals surface area contributed by atoms with E-state index in [0.29, 0.717) is 11.3 Å². The fourth-order valence-corrected chi connectivity index (χ4v) is 3.16. The fourth-order valence-electron chi connectivity index (χ4n) is 2.33. The lowest BCUT2D eigenvalue weighted by Crippen LogP contribution is -2.42. The molecule has 2 unspecified atom stereocenters. The zero-order valence-corrected chi connectivity index (χ0v) is 10.5. The molecule has 0 aromatic rings. The van der Waals surface area contributed by atoms with Gasteiger partial charge in [-0.1, -0.05) is 6.42 Å². The van der Waals surface area contributed by atoms with Crippen molar-refractivity contribution in [2.24, 2.45) is 5.41 Å². The molecule has 88 valence electrons. The SMILES string of the molecule is CSC1CCCC(NC(=O)C2(C#N)CC2)C1. The molecule has 1 amide bonds. The van der Waals surface area contributed by atoms with E-state index < -0.39 is 5.41 Å². The van der Waals surface area contributed by atoms with Gasteiger partial charge in [0.05, 0.1) is 6.07 Å². The van der Waals surface area contributed by atoms with Crippen molar-refractivity contribution in [1.82, 2.24) is 5.32 Å². The Kier molecular flexibility index (Phi) is 3.44. The van der Waals surface area contributed by atoms with Gasteiger partial charge in [-0.05, 0) is 38.4 Å². The minimum Gasteiger partial charge on any atom is -0.352 e. The van der Waals surface area contributed by atoms with Gasteiger partial charge in [0.25, 0.3) is 0 Å². The molecule has 3 nitrogen and oxygen atoms in total. The zero-order valence-electron chi connectivity index (χ0n) is 9.66. The maximum Gasteiger partial charge on any atom is 0.240 e. The number of rotatable bonds is 3. The van der Waals surface area contributed by atoms with Crippen molar-refractivity contribution < 1.29 is 4.79 Å². The summed E-state index contributed by atoms with van der Waals surface area (Å²) in [4.78, 5) is 11.9. The lowest BCUT2D eigenvalue weighted by atomic mass is 9.94. The van der Waals surface area contributed by atoms with Gasteiger partial charge < -0.3 is 5.32 Å². The van der Waals surface area contributed by atoms with Gasteiger partial charge in [0.2, 0.25) is 5.91 Å². The van der Waals surface area contributed by atoms with Crippen LogP contribution in [0.25, 0.3) is 0 Å². The lowest BCUT2D eigenvalue weighted by molar-refractivity contribution is -0.125. The molecular weight excluding hydrogens is 220 g/mol. The van der Waals surface area contributed by atoms with Crippen LogP contribution in [0.2, 0.25) is 0 Å². The number of carbonyl (C=O) groups excluding carboxylic acids is 1. The van der Waals surface area contributed by atoms with E-state index in [4.69, 9.17) is 5.26 Å². The summed E-state index contributed by atoms with van der Waals surface area (Å²) in [6, 6.07) is 2.45. The van der Waals surface area contributed by atoms with Gasteiger partial charge in [-0.2, -0.15) is 17.0 Å². The molecule has 0 bridgehead atoms. The summed E-state index contributed by atoms with van der Waals surface area (Å²) >= 11 is 1.89. The zero-order chi connectivity index (χ0) is 11.6. The average molecular weight is 238 g/mol. The summed E-state index contributed by atoms with van der Waals surface area (Å²) < 4.78 is 0. The second-order valence-electron chi connectivity index (χ2n) is 4.89. The molecule has 2 aliphatic rings. The van der Waals surface area contributed by atoms with Crippen LogP contribution in [0, 0.1) is 16.7 Å². The van der Waals surface area contributed by atoms with Crippen LogP contribution in [-0.4, -0.2) is 23.5 Å². The molecule has 16 heavy (non-hydrogen) atoms. The molecule has 0 aromatic heterocycles. The highest BCUT2D eigenvalue weighted by Crippen LogP contribution is 2.45. The topological polar surface area (TPSA) is 52.9 Å². The number of carbonyl (C=O) groups is 1. The molecule has 2 saturated carbocycles. The van der Waals surface area contributed by atoms with E-state index in [1.54, 1.807) is 0 Å². The third kappa shape index (κ3) is 2.35. The number of hydrogen-bond donors (Lipinski definition) is 1. The average Bonchev–Trinajstić information content (AvgIpc) is 3.10. The fraction of sp³-hybridized carbons (Fsp3) is 0.833. The number of nitriles is 1. The second-order valence-corrected chi connectivity index (χ2v) is 6.03. The molecule has 0 spiro atoms. The molecule has 4 heteroatoms. The van der Waals surface area contributed by atoms with Crippen molar-refractivity contribution in [3.8, 4) is 6.07 Å². The molecule has 0 heterocycles. The summed E-state index contributed by atoms with van der Waals surface area (Å²) in [5, 5.41) is 12.7. The van der Waals surface area contributed by atoms with E-state index in [-0.39, 0.29) is 5.91 Å². The van der Waals surface area contributed by atoms with Gasteiger partial charge in [-0.15, -0.1) is 0 Å². The van der Waals surface area contributed by atoms with E-state index in [0.717, 1.165) is 25.7 Å². The van der Waals surface area contributed by atoms with Gasteiger partial charge >= 0.3 is 0 Å². The Balaban J connectivity index is 1.86. The van der Waals surface area contributed by atoms with Crippen molar-refractivity contribution >= 4 is 17.7 Å². The van der Waals surface area contributed by atoms with Crippen molar-refractivity contribution in [3.05, 3.63) is 0 Å². The first kappa shape index (κ1) is 11.8. The first-order valence-corrected chi connectivity index (χ1v) is 7.24. The van der Waals surface area contributed by atoms with Crippen LogP contribution in [0.15, 0.2) is 0 Å². The van der Waals surface area contributed by atoms with Crippen molar-refractivity contribution in [3.63, 3.8) is 0 Å². The third-order valence-electron chi connectivity index (χ3n) is 3.69. The van der Waals surface area contributed by atoms with Gasteiger partial charge in [0.15, 0.2) is 0 Å². The Bertz CT molecular complexity index is 319. The van der Waals surface area contributed by atoms with Crippen LogP contribution >= 0.6 is 11.8 Å². The normalized spacial score (nSPS) is 31.5. The van der Waals surface area contributed by atoms with Crippen LogP contribution < -0.4 is 5.32 Å². The largest absolute Gasteiger partial charge is 0.352 e. The first-order chi connectivity index (χ1) is 7.70. The summed E-state index contributed by atoms with van der Waals surface area (Å²) in [7, 11) is 0. The second kappa shape index (κ2) is 4.67. The molecule has 1 N–H and O–H groups in total. The van der Waals surface area contributed by atoms with E-state index in [1.807, 2.05) is 11.8 Å². The highest BCUT2D eigenvalue weighted by Gasteiger charge is 2.51. The van der Waals surface area contributed by atoms with E-state index in [2.05, 4.69) is 17.6 Å². The Hall–Kier alpha value is -0.690. The third-order valence-corrected chi connectivity index (χ3v) is 4.79. The number of hydrogen-bond acceptors (Lipinski definition) is 3. The number of amides is 1. The smallest absolute Gasteiger partial charge is 0.240 e. The highest BCUT2D eigenvalue weighted by atomic mass is 32.2. The van der Waals surface area contributed by atoms with Gasteiger partial charge in [-0.3, -0.25) is 4.79 Å². The van der Waals surface area contributed by atoms with Crippen molar-refractivity contribution in [1.29, 1.82) is 5.26 Å². The predicted octanol–water partition coefficient (Wildman–Crippen LogP) is 2.08. The minimum atomic E-state index is -0.660. The minimum absolute atomic E-state index is 0.0262. The molecular formula is C12H18N2OS. The summed E-state index contributed by atoms with van der Waals surface area (Å²) in [6.07, 6.45) is 8.21. The van der Waals surface area contributed by atoms with Crippen LogP contribution in [0.5, 0.6) is 0 Å². The van der Waals surface area contributed by atoms with Crippen LogP contribution in [0.4, 0.5) is 0 Å².